The molecule has 0 aliphatic carbocycles. The Morgan fingerprint density at radius 1 is 1.16 bits per heavy atom. The fourth-order valence-electron chi connectivity index (χ4n) is 1.69. The molecule has 0 saturated heterocycles. The first-order valence-corrected chi connectivity index (χ1v) is 5.91. The molecular formula is C13H13ClN2O3. The lowest BCUT2D eigenvalue weighted by molar-refractivity contribution is 0.209. The largest absolute Gasteiger partial charge is 0.496 e. The third kappa shape index (κ3) is 2.94. The van der Waals surface area contributed by atoms with Crippen molar-refractivity contribution < 1.29 is 14.6 Å². The number of ether oxygens (including phenoxy) is 2. The molecule has 0 radical (unpaired) electrons. The minimum Gasteiger partial charge on any atom is -0.496 e. The third-order valence-corrected chi connectivity index (χ3v) is 2.87. The molecule has 0 amide bonds. The quantitative estimate of drug-likeness (QED) is 0.930. The first-order chi connectivity index (χ1) is 9.15. The molecular weight excluding hydrogens is 268 g/mol. The maximum Gasteiger partial charge on any atom is 0.216 e. The molecule has 5 nitrogen and oxygen atoms in total. The van der Waals surface area contributed by atoms with E-state index < -0.39 is 6.10 Å². The predicted octanol–water partition coefficient (Wildman–Crippen LogP) is 2.23. The number of methoxy groups -OCH3 is 2. The number of aliphatic hydroxyl groups excluding tert-OH is 1. The normalized spacial score (nSPS) is 12.0. The predicted molar refractivity (Wildman–Crippen MR) is 70.6 cm³/mol. The second-order valence-corrected chi connectivity index (χ2v) is 4.21. The van der Waals surface area contributed by atoms with Crippen LogP contribution in [0.2, 0.25) is 5.02 Å². The van der Waals surface area contributed by atoms with Crippen LogP contribution in [0, 0.1) is 0 Å². The SMILES string of the molecule is COc1cc(C(O)c2cc(Cl)ccc2OC)ncn1. The molecule has 0 spiro atoms. The average molecular weight is 281 g/mol. The zero-order valence-corrected chi connectivity index (χ0v) is 11.3. The molecule has 0 aliphatic rings. The number of rotatable bonds is 4. The van der Waals surface area contributed by atoms with Crippen LogP contribution in [-0.2, 0) is 0 Å². The van der Waals surface area contributed by atoms with Crippen LogP contribution in [0.5, 0.6) is 11.6 Å². The van der Waals surface area contributed by atoms with Gasteiger partial charge >= 0.3 is 0 Å². The van der Waals surface area contributed by atoms with E-state index in [1.54, 1.807) is 24.3 Å². The molecule has 0 bridgehead atoms. The van der Waals surface area contributed by atoms with Crippen molar-refractivity contribution in [3.8, 4) is 11.6 Å². The maximum atomic E-state index is 10.4. The zero-order valence-electron chi connectivity index (χ0n) is 10.5. The third-order valence-electron chi connectivity index (χ3n) is 2.64. The lowest BCUT2D eigenvalue weighted by atomic mass is 10.1. The van der Waals surface area contributed by atoms with Gasteiger partial charge in [-0.15, -0.1) is 0 Å². The summed E-state index contributed by atoms with van der Waals surface area (Å²) in [4.78, 5) is 7.92. The van der Waals surface area contributed by atoms with Crippen molar-refractivity contribution in [3.63, 3.8) is 0 Å². The van der Waals surface area contributed by atoms with Crippen molar-refractivity contribution in [2.75, 3.05) is 14.2 Å². The van der Waals surface area contributed by atoms with E-state index in [4.69, 9.17) is 21.1 Å². The summed E-state index contributed by atoms with van der Waals surface area (Å²) in [5.74, 6) is 0.916. The fourth-order valence-corrected chi connectivity index (χ4v) is 1.87. The summed E-state index contributed by atoms with van der Waals surface area (Å²) in [5.41, 5.74) is 0.947. The van der Waals surface area contributed by atoms with Crippen molar-refractivity contribution >= 4 is 11.6 Å². The topological polar surface area (TPSA) is 64.5 Å². The Morgan fingerprint density at radius 2 is 1.95 bits per heavy atom. The molecule has 1 aromatic heterocycles. The highest BCUT2D eigenvalue weighted by molar-refractivity contribution is 6.30. The number of aromatic nitrogens is 2. The molecule has 0 saturated carbocycles. The summed E-state index contributed by atoms with van der Waals surface area (Å²) in [7, 11) is 3.03. The van der Waals surface area contributed by atoms with Gasteiger partial charge in [0.15, 0.2) is 0 Å². The summed E-state index contributed by atoms with van der Waals surface area (Å²) in [6, 6.07) is 6.58. The van der Waals surface area contributed by atoms with Crippen molar-refractivity contribution in [1.29, 1.82) is 0 Å². The highest BCUT2D eigenvalue weighted by Gasteiger charge is 2.18. The maximum absolute atomic E-state index is 10.4. The Bertz CT molecular complexity index is 578. The molecule has 0 aliphatic heterocycles. The van der Waals surface area contributed by atoms with Gasteiger partial charge < -0.3 is 14.6 Å². The standard InChI is InChI=1S/C13H13ClN2O3/c1-18-11-4-3-8(14)5-9(11)13(17)10-6-12(19-2)16-7-15-10/h3-7,13,17H,1-2H3. The van der Waals surface area contributed by atoms with Gasteiger partial charge in [-0.3, -0.25) is 0 Å². The summed E-state index contributed by atoms with van der Waals surface area (Å²) >= 11 is 5.94. The molecule has 1 aromatic carbocycles. The number of halogens is 1. The van der Waals surface area contributed by atoms with E-state index in [1.807, 2.05) is 0 Å². The van der Waals surface area contributed by atoms with E-state index >= 15 is 0 Å². The van der Waals surface area contributed by atoms with Crippen molar-refractivity contribution in [3.05, 3.63) is 46.9 Å². The average Bonchev–Trinajstić information content (AvgIpc) is 2.46. The van der Waals surface area contributed by atoms with Gasteiger partial charge in [-0.1, -0.05) is 11.6 Å². The molecule has 0 fully saturated rings. The van der Waals surface area contributed by atoms with Crippen LogP contribution in [-0.4, -0.2) is 29.3 Å². The molecule has 1 unspecified atom stereocenters. The summed E-state index contributed by atoms with van der Waals surface area (Å²) in [5, 5.41) is 10.9. The molecule has 19 heavy (non-hydrogen) atoms. The van der Waals surface area contributed by atoms with Gasteiger partial charge in [-0.2, -0.15) is 0 Å². The Hall–Kier alpha value is -1.85. The van der Waals surface area contributed by atoms with Crippen molar-refractivity contribution in [1.82, 2.24) is 9.97 Å². The lowest BCUT2D eigenvalue weighted by Gasteiger charge is -2.15. The molecule has 2 rings (SSSR count). The number of hydrogen-bond acceptors (Lipinski definition) is 5. The number of benzene rings is 1. The van der Waals surface area contributed by atoms with E-state index in [-0.39, 0.29) is 0 Å². The van der Waals surface area contributed by atoms with Crippen LogP contribution < -0.4 is 9.47 Å². The van der Waals surface area contributed by atoms with E-state index in [0.717, 1.165) is 0 Å². The van der Waals surface area contributed by atoms with E-state index in [1.165, 1.54) is 20.5 Å². The van der Waals surface area contributed by atoms with Crippen LogP contribution in [0.1, 0.15) is 17.4 Å². The first-order valence-electron chi connectivity index (χ1n) is 5.53. The van der Waals surface area contributed by atoms with Crippen LogP contribution in [0.4, 0.5) is 0 Å². The van der Waals surface area contributed by atoms with Gasteiger partial charge in [-0.25, -0.2) is 9.97 Å². The molecule has 1 heterocycles. The Kier molecular flexibility index (Phi) is 4.19. The van der Waals surface area contributed by atoms with Gasteiger partial charge in [-0.05, 0) is 18.2 Å². The van der Waals surface area contributed by atoms with Crippen molar-refractivity contribution in [2.24, 2.45) is 0 Å². The van der Waals surface area contributed by atoms with Gasteiger partial charge in [0.05, 0.1) is 19.9 Å². The van der Waals surface area contributed by atoms with Crippen LogP contribution in [0.3, 0.4) is 0 Å². The fraction of sp³-hybridized carbons (Fsp3) is 0.231. The van der Waals surface area contributed by atoms with E-state index in [9.17, 15) is 5.11 Å². The smallest absolute Gasteiger partial charge is 0.216 e. The van der Waals surface area contributed by atoms with Crippen LogP contribution >= 0.6 is 11.6 Å². The number of aliphatic hydroxyl groups is 1. The van der Waals surface area contributed by atoms with Gasteiger partial charge in [0.1, 0.15) is 18.2 Å². The zero-order chi connectivity index (χ0) is 13.8. The minimum atomic E-state index is -0.967. The highest BCUT2D eigenvalue weighted by atomic mass is 35.5. The van der Waals surface area contributed by atoms with Gasteiger partial charge in [0.2, 0.25) is 5.88 Å². The second kappa shape index (κ2) is 5.86. The molecule has 1 atom stereocenters. The van der Waals surface area contributed by atoms with E-state index in [0.29, 0.717) is 27.9 Å². The number of nitrogens with zero attached hydrogens (tertiary/aromatic N) is 2. The highest BCUT2D eigenvalue weighted by Crippen LogP contribution is 2.31. The Balaban J connectivity index is 2.42. The molecule has 100 valence electrons. The minimum absolute atomic E-state index is 0.380. The van der Waals surface area contributed by atoms with Crippen LogP contribution in [0.25, 0.3) is 0 Å². The lowest BCUT2D eigenvalue weighted by Crippen LogP contribution is -2.05. The molecule has 6 heteroatoms. The first kappa shape index (κ1) is 13.6. The number of hydrogen-bond donors (Lipinski definition) is 1. The van der Waals surface area contributed by atoms with Crippen molar-refractivity contribution in [2.45, 2.75) is 6.10 Å². The molecule has 1 N–H and O–H groups in total. The Labute approximate surface area is 115 Å². The van der Waals surface area contributed by atoms with Gasteiger partial charge in [0.25, 0.3) is 0 Å². The second-order valence-electron chi connectivity index (χ2n) is 3.77. The monoisotopic (exact) mass is 280 g/mol. The Morgan fingerprint density at radius 3 is 2.63 bits per heavy atom. The summed E-state index contributed by atoms with van der Waals surface area (Å²) in [6.45, 7) is 0. The van der Waals surface area contributed by atoms with Gasteiger partial charge in [0, 0.05) is 16.7 Å². The molecule has 2 aromatic rings. The summed E-state index contributed by atoms with van der Waals surface area (Å²) in [6.07, 6.45) is 0.361. The van der Waals surface area contributed by atoms with E-state index in [2.05, 4.69) is 9.97 Å². The summed E-state index contributed by atoms with van der Waals surface area (Å²) < 4.78 is 10.2. The van der Waals surface area contributed by atoms with Crippen LogP contribution in [0.15, 0.2) is 30.6 Å².